The molecule has 0 spiro atoms. The third-order valence-electron chi connectivity index (χ3n) is 3.36. The summed E-state index contributed by atoms with van der Waals surface area (Å²) in [5, 5.41) is 2.81. The number of urea groups is 1. The summed E-state index contributed by atoms with van der Waals surface area (Å²) >= 11 is 5.90. The standard InChI is InChI=1S/C14H17ClFN3O2/c1-2-17-14(21)19-8-6-18(7-9-19)13(20)12-10(15)4-3-5-11(12)16/h3-5H,2,6-9H2,1H3,(H,17,21). The zero-order chi connectivity index (χ0) is 15.4. The Balaban J connectivity index is 2.02. The average Bonchev–Trinajstić information content (AvgIpc) is 2.47. The van der Waals surface area contributed by atoms with Crippen molar-refractivity contribution < 1.29 is 14.0 Å². The lowest BCUT2D eigenvalue weighted by Crippen LogP contribution is -2.53. The molecule has 0 aromatic heterocycles. The van der Waals surface area contributed by atoms with E-state index in [2.05, 4.69) is 5.32 Å². The molecule has 0 bridgehead atoms. The maximum absolute atomic E-state index is 13.8. The summed E-state index contributed by atoms with van der Waals surface area (Å²) in [5.41, 5.74) is -0.106. The van der Waals surface area contributed by atoms with Crippen LogP contribution in [-0.4, -0.2) is 54.5 Å². The van der Waals surface area contributed by atoms with Gasteiger partial charge in [0.2, 0.25) is 0 Å². The molecule has 0 unspecified atom stereocenters. The molecule has 1 heterocycles. The molecule has 1 saturated heterocycles. The van der Waals surface area contributed by atoms with Gasteiger partial charge in [0.25, 0.3) is 5.91 Å². The van der Waals surface area contributed by atoms with Gasteiger partial charge in [-0.15, -0.1) is 0 Å². The minimum Gasteiger partial charge on any atom is -0.338 e. The number of benzene rings is 1. The molecule has 1 aliphatic heterocycles. The molecule has 0 saturated carbocycles. The van der Waals surface area contributed by atoms with E-state index in [1.165, 1.54) is 23.1 Å². The van der Waals surface area contributed by atoms with Crippen LogP contribution in [0, 0.1) is 5.82 Å². The number of hydrogen-bond donors (Lipinski definition) is 1. The molecule has 1 aliphatic rings. The Labute approximate surface area is 127 Å². The highest BCUT2D eigenvalue weighted by atomic mass is 35.5. The summed E-state index contributed by atoms with van der Waals surface area (Å²) in [6, 6.07) is 4.02. The third kappa shape index (κ3) is 3.44. The van der Waals surface area contributed by atoms with Crippen LogP contribution >= 0.6 is 11.6 Å². The van der Waals surface area contributed by atoms with Gasteiger partial charge in [-0.3, -0.25) is 4.79 Å². The maximum Gasteiger partial charge on any atom is 0.317 e. The molecule has 0 aliphatic carbocycles. The van der Waals surface area contributed by atoms with Crippen molar-refractivity contribution in [1.82, 2.24) is 15.1 Å². The van der Waals surface area contributed by atoms with Crippen molar-refractivity contribution in [2.45, 2.75) is 6.92 Å². The van der Waals surface area contributed by atoms with Crippen molar-refractivity contribution in [3.05, 3.63) is 34.6 Å². The van der Waals surface area contributed by atoms with Crippen LogP contribution in [0.25, 0.3) is 0 Å². The largest absolute Gasteiger partial charge is 0.338 e. The fourth-order valence-corrected chi connectivity index (χ4v) is 2.48. The molecule has 5 nitrogen and oxygen atoms in total. The van der Waals surface area contributed by atoms with E-state index in [1.54, 1.807) is 4.90 Å². The predicted octanol–water partition coefficient (Wildman–Crippen LogP) is 1.97. The Morgan fingerprint density at radius 2 is 1.86 bits per heavy atom. The number of piperazine rings is 1. The second-order valence-electron chi connectivity index (χ2n) is 4.71. The van der Waals surface area contributed by atoms with Crippen LogP contribution in [0.2, 0.25) is 5.02 Å². The Morgan fingerprint density at radius 3 is 2.43 bits per heavy atom. The van der Waals surface area contributed by atoms with Gasteiger partial charge in [-0.1, -0.05) is 17.7 Å². The highest BCUT2D eigenvalue weighted by Crippen LogP contribution is 2.21. The van der Waals surface area contributed by atoms with E-state index in [9.17, 15) is 14.0 Å². The van der Waals surface area contributed by atoms with Crippen LogP contribution in [0.5, 0.6) is 0 Å². The number of halogens is 2. The van der Waals surface area contributed by atoms with Crippen LogP contribution in [0.1, 0.15) is 17.3 Å². The van der Waals surface area contributed by atoms with E-state index in [-0.39, 0.29) is 16.6 Å². The second-order valence-corrected chi connectivity index (χ2v) is 5.12. The van der Waals surface area contributed by atoms with E-state index >= 15 is 0 Å². The van der Waals surface area contributed by atoms with E-state index in [0.29, 0.717) is 32.7 Å². The summed E-state index contributed by atoms with van der Waals surface area (Å²) in [6.45, 7) is 3.97. The van der Waals surface area contributed by atoms with Crippen molar-refractivity contribution in [2.75, 3.05) is 32.7 Å². The SMILES string of the molecule is CCNC(=O)N1CCN(C(=O)c2c(F)cccc2Cl)CC1. The van der Waals surface area contributed by atoms with Gasteiger partial charge >= 0.3 is 6.03 Å². The number of amides is 3. The van der Waals surface area contributed by atoms with Gasteiger partial charge in [-0.05, 0) is 19.1 Å². The molecule has 1 aromatic carbocycles. The lowest BCUT2D eigenvalue weighted by atomic mass is 10.1. The lowest BCUT2D eigenvalue weighted by Gasteiger charge is -2.34. The first-order valence-electron chi connectivity index (χ1n) is 6.80. The van der Waals surface area contributed by atoms with Crippen molar-refractivity contribution in [2.24, 2.45) is 0 Å². The number of nitrogens with zero attached hydrogens (tertiary/aromatic N) is 2. The lowest BCUT2D eigenvalue weighted by molar-refractivity contribution is 0.0661. The van der Waals surface area contributed by atoms with Crippen LogP contribution in [0.4, 0.5) is 9.18 Å². The number of nitrogens with one attached hydrogen (secondary N) is 1. The smallest absolute Gasteiger partial charge is 0.317 e. The first-order valence-corrected chi connectivity index (χ1v) is 7.18. The maximum atomic E-state index is 13.8. The summed E-state index contributed by atoms with van der Waals surface area (Å²) < 4.78 is 13.8. The first kappa shape index (κ1) is 15.6. The van der Waals surface area contributed by atoms with Crippen LogP contribution in [-0.2, 0) is 0 Å². The Hall–Kier alpha value is -1.82. The summed E-state index contributed by atoms with van der Waals surface area (Å²) in [6.07, 6.45) is 0. The van der Waals surface area contributed by atoms with Crippen LogP contribution in [0.3, 0.4) is 0 Å². The third-order valence-corrected chi connectivity index (χ3v) is 3.67. The zero-order valence-corrected chi connectivity index (χ0v) is 12.5. The fraction of sp³-hybridized carbons (Fsp3) is 0.429. The minimum absolute atomic E-state index is 0.103. The number of hydrogen-bond acceptors (Lipinski definition) is 2. The number of rotatable bonds is 2. The van der Waals surface area contributed by atoms with Crippen molar-refractivity contribution in [1.29, 1.82) is 0 Å². The van der Waals surface area contributed by atoms with E-state index in [4.69, 9.17) is 11.6 Å². The topological polar surface area (TPSA) is 52.7 Å². The van der Waals surface area contributed by atoms with Crippen LogP contribution in [0.15, 0.2) is 18.2 Å². The molecule has 114 valence electrons. The molecule has 7 heteroatoms. The Kier molecular flexibility index (Phi) is 5.01. The van der Waals surface area contributed by atoms with Gasteiger partial charge in [0.1, 0.15) is 5.82 Å². The molecule has 1 fully saturated rings. The van der Waals surface area contributed by atoms with Crippen molar-refractivity contribution >= 4 is 23.5 Å². The van der Waals surface area contributed by atoms with Crippen LogP contribution < -0.4 is 5.32 Å². The van der Waals surface area contributed by atoms with Gasteiger partial charge in [0, 0.05) is 32.7 Å². The molecule has 2 rings (SSSR count). The van der Waals surface area contributed by atoms with Gasteiger partial charge in [-0.2, -0.15) is 0 Å². The molecule has 3 amide bonds. The zero-order valence-electron chi connectivity index (χ0n) is 11.7. The molecule has 1 aromatic rings. The molecular weight excluding hydrogens is 297 g/mol. The van der Waals surface area contributed by atoms with Gasteiger partial charge in [0.05, 0.1) is 10.6 Å². The van der Waals surface area contributed by atoms with Gasteiger partial charge < -0.3 is 15.1 Å². The predicted molar refractivity (Wildman–Crippen MR) is 78.0 cm³/mol. The normalized spacial score (nSPS) is 15.0. The Morgan fingerprint density at radius 1 is 1.24 bits per heavy atom. The fourth-order valence-electron chi connectivity index (χ4n) is 2.24. The summed E-state index contributed by atoms with van der Waals surface area (Å²) in [7, 11) is 0. The second kappa shape index (κ2) is 6.76. The van der Waals surface area contributed by atoms with Gasteiger partial charge in [0.15, 0.2) is 0 Å². The number of carbonyl (C=O) groups is 2. The van der Waals surface area contributed by atoms with E-state index < -0.39 is 11.7 Å². The molecular formula is C14H17ClFN3O2. The highest BCUT2D eigenvalue weighted by molar-refractivity contribution is 6.33. The quantitative estimate of drug-likeness (QED) is 0.907. The molecule has 0 radical (unpaired) electrons. The molecule has 0 atom stereocenters. The first-order chi connectivity index (χ1) is 10.0. The summed E-state index contributed by atoms with van der Waals surface area (Å²) in [4.78, 5) is 27.2. The average molecular weight is 314 g/mol. The molecule has 1 N–H and O–H groups in total. The van der Waals surface area contributed by atoms with E-state index in [0.717, 1.165) is 0 Å². The summed E-state index contributed by atoms with van der Waals surface area (Å²) in [5.74, 6) is -1.06. The Bertz CT molecular complexity index is 525. The minimum atomic E-state index is -0.626. The molecule has 21 heavy (non-hydrogen) atoms. The number of carbonyl (C=O) groups excluding carboxylic acids is 2. The monoisotopic (exact) mass is 313 g/mol. The van der Waals surface area contributed by atoms with Gasteiger partial charge in [-0.25, -0.2) is 9.18 Å². The highest BCUT2D eigenvalue weighted by Gasteiger charge is 2.27. The van der Waals surface area contributed by atoms with Crippen molar-refractivity contribution in [3.63, 3.8) is 0 Å². The van der Waals surface area contributed by atoms with Crippen molar-refractivity contribution in [3.8, 4) is 0 Å². The van der Waals surface area contributed by atoms with E-state index in [1.807, 2.05) is 6.92 Å².